The van der Waals surface area contributed by atoms with Crippen molar-refractivity contribution < 1.29 is 52.6 Å². The van der Waals surface area contributed by atoms with E-state index in [1.165, 1.54) is 19.3 Å². The summed E-state index contributed by atoms with van der Waals surface area (Å²) in [5.74, 6) is -2.51. The van der Waals surface area contributed by atoms with Crippen LogP contribution in [-0.2, 0) is 37.5 Å². The summed E-state index contributed by atoms with van der Waals surface area (Å²) in [5, 5.41) is 18.2. The van der Waals surface area contributed by atoms with Crippen LogP contribution in [0.1, 0.15) is 149 Å². The van der Waals surface area contributed by atoms with Crippen LogP contribution in [0.5, 0.6) is 0 Å². The molecule has 0 aliphatic carbocycles. The highest BCUT2D eigenvalue weighted by Crippen LogP contribution is 2.43. The van der Waals surface area contributed by atoms with Gasteiger partial charge in [-0.05, 0) is 103 Å². The average molecular weight is 850 g/mol. The van der Waals surface area contributed by atoms with Crippen LogP contribution in [0, 0.1) is 0 Å². The lowest BCUT2D eigenvalue weighted by atomic mass is 10.1. The summed E-state index contributed by atoms with van der Waals surface area (Å²) in [4.78, 5) is 45.9. The molecule has 0 saturated carbocycles. The van der Waals surface area contributed by atoms with Crippen LogP contribution in [-0.4, -0.2) is 71.1 Å². The zero-order valence-electron chi connectivity index (χ0n) is 35.9. The van der Waals surface area contributed by atoms with Crippen LogP contribution in [0.3, 0.4) is 0 Å². The second-order valence-corrected chi connectivity index (χ2v) is 15.9. The Morgan fingerprint density at radius 2 is 1.03 bits per heavy atom. The highest BCUT2D eigenvalue weighted by atomic mass is 31.2. The molecule has 13 heteroatoms. The number of unbranched alkanes of at least 4 members (excludes halogenated alkanes) is 9. The molecule has 4 atom stereocenters. The first kappa shape index (κ1) is 55.6. The van der Waals surface area contributed by atoms with Crippen LogP contribution in [0.25, 0.3) is 0 Å². The number of allylic oxidation sites excluding steroid dienone is 14. The molecule has 0 aliphatic heterocycles. The number of hydrogen-bond acceptors (Lipinski definition) is 10. The van der Waals surface area contributed by atoms with E-state index < -0.39 is 57.7 Å². The van der Waals surface area contributed by atoms with E-state index in [-0.39, 0.29) is 18.9 Å². The minimum Gasteiger partial charge on any atom is -0.480 e. The third-order valence-electron chi connectivity index (χ3n) is 8.63. The Morgan fingerprint density at radius 1 is 0.593 bits per heavy atom. The van der Waals surface area contributed by atoms with Crippen molar-refractivity contribution in [3.63, 3.8) is 0 Å². The fourth-order valence-electron chi connectivity index (χ4n) is 5.20. The number of carbonyl (C=O) groups is 3. The molecular weight excluding hydrogens is 773 g/mol. The molecule has 0 amide bonds. The molecule has 0 spiro atoms. The van der Waals surface area contributed by atoms with Crippen molar-refractivity contribution >= 4 is 25.7 Å². The maximum Gasteiger partial charge on any atom is 0.472 e. The summed E-state index contributed by atoms with van der Waals surface area (Å²) in [6, 6.07) is -1.54. The molecule has 0 rings (SSSR count). The Balaban J connectivity index is 4.53. The Morgan fingerprint density at radius 3 is 1.54 bits per heavy atom. The Bertz CT molecular complexity index is 1340. The number of carboxylic acids is 1. The number of aliphatic hydroxyl groups excluding tert-OH is 1. The number of hydrogen-bond donors (Lipinski definition) is 4. The number of nitrogens with two attached hydrogens (primary N) is 1. The average Bonchev–Trinajstić information content (AvgIpc) is 3.20. The minimum atomic E-state index is -4.75. The summed E-state index contributed by atoms with van der Waals surface area (Å²) in [6.07, 6.45) is 46.4. The first-order valence-corrected chi connectivity index (χ1v) is 23.1. The number of carboxylic acid groups (broad SMARTS) is 1. The topological polar surface area (TPSA) is 192 Å². The van der Waals surface area contributed by atoms with Gasteiger partial charge in [0.25, 0.3) is 0 Å². The van der Waals surface area contributed by atoms with Gasteiger partial charge in [-0.2, -0.15) is 0 Å². The van der Waals surface area contributed by atoms with E-state index in [0.29, 0.717) is 19.3 Å². The third-order valence-corrected chi connectivity index (χ3v) is 9.58. The van der Waals surface area contributed by atoms with Crippen LogP contribution < -0.4 is 5.73 Å². The zero-order chi connectivity index (χ0) is 43.7. The predicted molar refractivity (Wildman–Crippen MR) is 236 cm³/mol. The fraction of sp³-hybridized carbons (Fsp3) is 0.630. The van der Waals surface area contributed by atoms with E-state index in [1.807, 2.05) is 19.1 Å². The monoisotopic (exact) mass is 850 g/mol. The molecule has 12 nitrogen and oxygen atoms in total. The van der Waals surface area contributed by atoms with Crippen molar-refractivity contribution in [1.29, 1.82) is 0 Å². The van der Waals surface area contributed by atoms with Gasteiger partial charge in [-0.15, -0.1) is 0 Å². The molecule has 0 bridgehead atoms. The maximum atomic E-state index is 12.6. The molecule has 0 heterocycles. The lowest BCUT2D eigenvalue weighted by molar-refractivity contribution is -0.161. The van der Waals surface area contributed by atoms with E-state index in [9.17, 15) is 28.9 Å². The van der Waals surface area contributed by atoms with Gasteiger partial charge >= 0.3 is 25.7 Å². The second-order valence-electron chi connectivity index (χ2n) is 14.4. The molecule has 0 fully saturated rings. The van der Waals surface area contributed by atoms with Gasteiger partial charge in [0.1, 0.15) is 12.6 Å². The maximum absolute atomic E-state index is 12.6. The van der Waals surface area contributed by atoms with Crippen molar-refractivity contribution in [3.05, 3.63) is 85.1 Å². The number of phosphoric acid groups is 1. The quantitative estimate of drug-likeness (QED) is 0.0198. The van der Waals surface area contributed by atoms with Gasteiger partial charge < -0.3 is 30.3 Å². The van der Waals surface area contributed by atoms with E-state index in [4.69, 9.17) is 24.8 Å². The largest absolute Gasteiger partial charge is 0.480 e. The van der Waals surface area contributed by atoms with Crippen molar-refractivity contribution in [3.8, 4) is 0 Å². The molecule has 1 unspecified atom stereocenters. The van der Waals surface area contributed by atoms with E-state index >= 15 is 0 Å². The Hall–Kier alpha value is -3.38. The zero-order valence-corrected chi connectivity index (χ0v) is 36.8. The highest BCUT2D eigenvalue weighted by Gasteiger charge is 2.28. The van der Waals surface area contributed by atoms with Gasteiger partial charge in [0.2, 0.25) is 0 Å². The highest BCUT2D eigenvalue weighted by molar-refractivity contribution is 7.47. The number of phosphoric ester groups is 1. The Labute approximate surface area is 355 Å². The van der Waals surface area contributed by atoms with Crippen molar-refractivity contribution in [2.24, 2.45) is 5.73 Å². The van der Waals surface area contributed by atoms with Crippen LogP contribution >= 0.6 is 7.82 Å². The number of aliphatic hydroxyl groups is 1. The van der Waals surface area contributed by atoms with E-state index in [1.54, 1.807) is 0 Å². The SMILES string of the molecule is CCCCC/C=C\C/C=C\C/C=C\CCCCCCC(=O)OC[C@H](COP(=O)(O)OC[C@H](N)C(=O)O)OC(=O)CCC/C=C\C/C=C\C/C=C\C/C=C\CCC[C@H](C)O. The van der Waals surface area contributed by atoms with Crippen LogP contribution in [0.4, 0.5) is 0 Å². The summed E-state index contributed by atoms with van der Waals surface area (Å²) in [5.41, 5.74) is 5.32. The normalized spacial score (nSPS) is 15.1. The fourth-order valence-corrected chi connectivity index (χ4v) is 5.98. The molecule has 0 aliphatic rings. The lowest BCUT2D eigenvalue weighted by Gasteiger charge is -2.20. The summed E-state index contributed by atoms with van der Waals surface area (Å²) in [6.45, 7) is 2.22. The van der Waals surface area contributed by atoms with Gasteiger partial charge in [0, 0.05) is 12.8 Å². The predicted octanol–water partition coefficient (Wildman–Crippen LogP) is 10.5. The van der Waals surface area contributed by atoms with Crippen LogP contribution in [0.15, 0.2) is 85.1 Å². The molecule has 0 aromatic carbocycles. The number of carbonyl (C=O) groups excluding carboxylic acids is 2. The van der Waals surface area contributed by atoms with E-state index in [0.717, 1.165) is 83.5 Å². The minimum absolute atomic E-state index is 0.0634. The number of rotatable bonds is 39. The number of esters is 2. The molecule has 0 aromatic heterocycles. The standard InChI is InChI=1S/C46H76NO11P/c1-3-4-5-6-7-8-9-10-11-12-15-18-21-24-27-30-33-36-44(49)55-38-42(39-56-59(53,54)57-40-43(47)46(51)52)58-45(50)37-34-31-28-25-22-19-16-13-14-17-20-23-26-29-32-35-41(2)48/h7-8,10-11,14-19,23,25-26,28,41-43,48H,3-6,9,12-13,20-22,24,27,29-40,47H2,1-2H3,(H,51,52)(H,53,54)/b8-7-,11-10-,17-14-,18-15-,19-16-,26-23-,28-25-/t41-,42+,43-/m0/s1. The molecule has 0 saturated heterocycles. The third kappa shape index (κ3) is 41.2. The van der Waals surface area contributed by atoms with Crippen molar-refractivity contribution in [2.45, 2.75) is 167 Å². The van der Waals surface area contributed by atoms with E-state index in [2.05, 4.69) is 84.4 Å². The van der Waals surface area contributed by atoms with Gasteiger partial charge in [0.05, 0.1) is 19.3 Å². The molecule has 336 valence electrons. The van der Waals surface area contributed by atoms with Gasteiger partial charge in [0.15, 0.2) is 6.10 Å². The van der Waals surface area contributed by atoms with Crippen molar-refractivity contribution in [1.82, 2.24) is 0 Å². The number of ether oxygens (including phenoxy) is 2. The molecular formula is C46H76NO11P. The molecule has 5 N–H and O–H groups in total. The smallest absolute Gasteiger partial charge is 0.472 e. The van der Waals surface area contributed by atoms with Crippen molar-refractivity contribution in [2.75, 3.05) is 19.8 Å². The Kier molecular flexibility index (Phi) is 37.8. The first-order chi connectivity index (χ1) is 28.5. The molecule has 0 radical (unpaired) electrons. The van der Waals surface area contributed by atoms with Gasteiger partial charge in [-0.1, -0.05) is 118 Å². The second kappa shape index (κ2) is 40.0. The van der Waals surface area contributed by atoms with Gasteiger partial charge in [-0.25, -0.2) is 4.57 Å². The molecule has 0 aromatic rings. The van der Waals surface area contributed by atoms with Gasteiger partial charge in [-0.3, -0.25) is 23.4 Å². The summed E-state index contributed by atoms with van der Waals surface area (Å²) in [7, 11) is -4.75. The first-order valence-electron chi connectivity index (χ1n) is 21.6. The molecule has 59 heavy (non-hydrogen) atoms. The number of aliphatic carboxylic acids is 1. The summed E-state index contributed by atoms with van der Waals surface area (Å²) < 4.78 is 32.6. The summed E-state index contributed by atoms with van der Waals surface area (Å²) >= 11 is 0. The van der Waals surface area contributed by atoms with Crippen LogP contribution in [0.2, 0.25) is 0 Å². The lowest BCUT2D eigenvalue weighted by Crippen LogP contribution is -2.34.